The van der Waals surface area contributed by atoms with Crippen molar-refractivity contribution in [3.05, 3.63) is 108 Å². The first-order valence-electron chi connectivity index (χ1n) is 23.7. The molecule has 6 rings (SSSR count). The van der Waals surface area contributed by atoms with E-state index in [0.717, 1.165) is 13.0 Å². The molecule has 6 heterocycles. The van der Waals surface area contributed by atoms with Gasteiger partial charge in [-0.25, -0.2) is 4.98 Å². The van der Waals surface area contributed by atoms with Gasteiger partial charge in [-0.3, -0.25) is 43.2 Å². The van der Waals surface area contributed by atoms with E-state index in [1.807, 2.05) is 19.0 Å². The van der Waals surface area contributed by atoms with E-state index in [1.54, 1.807) is 87.0 Å². The lowest BCUT2D eigenvalue weighted by atomic mass is 10.1. The molecule has 6 aromatic heterocycles. The Labute approximate surface area is 431 Å². The molecular weight excluding hydrogens is 971 g/mol. The van der Waals surface area contributed by atoms with E-state index in [2.05, 4.69) is 52.8 Å². The molecule has 75 heavy (non-hydrogen) atoms. The van der Waals surface area contributed by atoms with Crippen molar-refractivity contribution < 1.29 is 43.2 Å². The van der Waals surface area contributed by atoms with Crippen molar-refractivity contribution in [2.75, 3.05) is 66.9 Å². The third-order valence-electron chi connectivity index (χ3n) is 11.7. The van der Waals surface area contributed by atoms with Crippen LogP contribution in [-0.2, 0) is 56.7 Å². The predicted molar refractivity (Wildman–Crippen MR) is 278 cm³/mol. The summed E-state index contributed by atoms with van der Waals surface area (Å²) in [5, 5.41) is 24.6. The van der Waals surface area contributed by atoms with Crippen molar-refractivity contribution in [3.63, 3.8) is 0 Å². The van der Waals surface area contributed by atoms with E-state index in [0.29, 0.717) is 29.3 Å². The van der Waals surface area contributed by atoms with Crippen LogP contribution in [0.3, 0.4) is 0 Å². The average Bonchev–Trinajstić information content (AvgIpc) is 4.21. The molecule has 398 valence electrons. The van der Waals surface area contributed by atoms with Gasteiger partial charge >= 0.3 is 0 Å². The highest BCUT2D eigenvalue weighted by molar-refractivity contribution is 6.09. The first-order chi connectivity index (χ1) is 35.6. The van der Waals surface area contributed by atoms with Crippen LogP contribution in [0.15, 0.2) is 73.7 Å². The van der Waals surface area contributed by atoms with Crippen molar-refractivity contribution in [1.29, 1.82) is 0 Å². The molecule has 0 fully saturated rings. The van der Waals surface area contributed by atoms with Crippen molar-refractivity contribution >= 4 is 81.6 Å². The second kappa shape index (κ2) is 24.5. The van der Waals surface area contributed by atoms with Crippen LogP contribution in [0.1, 0.15) is 89.2 Å². The van der Waals surface area contributed by atoms with Crippen LogP contribution in [-0.4, -0.2) is 137 Å². The van der Waals surface area contributed by atoms with E-state index in [1.165, 1.54) is 63.4 Å². The van der Waals surface area contributed by atoms with Gasteiger partial charge in [-0.1, -0.05) is 0 Å². The third kappa shape index (κ3) is 14.7. The third-order valence-corrected chi connectivity index (χ3v) is 11.7. The Kier molecular flexibility index (Phi) is 18.0. The van der Waals surface area contributed by atoms with Gasteiger partial charge in [0.25, 0.3) is 35.4 Å². The van der Waals surface area contributed by atoms with Crippen molar-refractivity contribution in [2.45, 2.75) is 32.2 Å². The van der Waals surface area contributed by atoms with E-state index in [-0.39, 0.29) is 71.8 Å². The fourth-order valence-electron chi connectivity index (χ4n) is 7.91. The summed E-state index contributed by atoms with van der Waals surface area (Å²) in [7, 11) is 13.7. The molecule has 0 bridgehead atoms. The molecule has 26 heteroatoms. The number of hydrogen-bond acceptors (Lipinski definition) is 11. The van der Waals surface area contributed by atoms with E-state index in [4.69, 9.17) is 0 Å². The number of nitrogens with one attached hydrogen (secondary N) is 9. The van der Waals surface area contributed by atoms with Crippen LogP contribution in [0.4, 0.5) is 28.4 Å². The number of hydrogen-bond donors (Lipinski definition) is 9. The monoisotopic (exact) mass is 1030 g/mol. The van der Waals surface area contributed by atoms with E-state index < -0.39 is 53.3 Å². The van der Waals surface area contributed by atoms with Crippen LogP contribution in [0.2, 0.25) is 0 Å². The first kappa shape index (κ1) is 55.1. The molecule has 1 atom stereocenters. The van der Waals surface area contributed by atoms with Crippen LogP contribution in [0.25, 0.3) is 0 Å². The highest BCUT2D eigenvalue weighted by atomic mass is 16.2. The van der Waals surface area contributed by atoms with Crippen LogP contribution >= 0.6 is 0 Å². The molecule has 26 nitrogen and oxygen atoms in total. The Balaban J connectivity index is 0.974. The number of carbonyl (C=O) groups is 9. The largest absolute Gasteiger partial charge is 0.356 e. The maximum absolute atomic E-state index is 13.5. The molecule has 9 N–H and O–H groups in total. The summed E-state index contributed by atoms with van der Waals surface area (Å²) >= 11 is 0. The molecule has 9 amide bonds. The number of amides is 9. The van der Waals surface area contributed by atoms with E-state index in [9.17, 15) is 43.2 Å². The minimum absolute atomic E-state index is 0.0121. The summed E-state index contributed by atoms with van der Waals surface area (Å²) in [5.74, 6) is -4.03. The summed E-state index contributed by atoms with van der Waals surface area (Å²) in [4.78, 5) is 123. The van der Waals surface area contributed by atoms with Crippen molar-refractivity contribution in [2.24, 2.45) is 42.3 Å². The molecule has 0 aliphatic heterocycles. The zero-order chi connectivity index (χ0) is 54.7. The van der Waals surface area contributed by atoms with Crippen molar-refractivity contribution in [3.8, 4) is 0 Å². The van der Waals surface area contributed by atoms with Crippen LogP contribution < -0.4 is 47.9 Å². The second-order valence-electron chi connectivity index (χ2n) is 18.1. The molecule has 0 aliphatic rings. The number of aryl methyl sites for hydroxylation is 6. The number of nitrogens with zero attached hydrogens (tertiary/aromatic N) is 8. The molecule has 0 saturated carbocycles. The standard InChI is InChI=1S/C49H63N17O9/c1-29(67)54-35(11-14-52-44(70)36-19-31(25-62(36)5)57-48(74)40-23-34(28-66(40)9)59-49(75)42-51-16-18-61(42)4)43(69)55-30-21-38(64(7)24-30)46(72)58-33-22-39(65(8)27-33)47(73)56-32-20-37(63(6)26-32)45(71)53-15-12-41(68)50-13-10-17-60(2)3/h16,18-28,35H,10-15,17H2,1-9H3,(H,50,68)(H,52,70)(H,53,71)(H,54,67)(H,55,69)(H,56,73)(H,57,74)(H,58,72)(H,59,75)/t35-/m0/s1. The Morgan fingerprint density at radius 3 is 1.31 bits per heavy atom. The summed E-state index contributed by atoms with van der Waals surface area (Å²) in [6.07, 6.45) is 11.8. The Morgan fingerprint density at radius 2 is 0.907 bits per heavy atom. The molecule has 0 aromatic carbocycles. The average molecular weight is 1030 g/mol. The zero-order valence-corrected chi connectivity index (χ0v) is 43.2. The fourth-order valence-corrected chi connectivity index (χ4v) is 7.91. The van der Waals surface area contributed by atoms with Gasteiger partial charge in [0.2, 0.25) is 17.7 Å². The molecule has 0 radical (unpaired) electrons. The normalized spacial score (nSPS) is 11.4. The number of aromatic nitrogens is 7. The predicted octanol–water partition coefficient (Wildman–Crippen LogP) is 1.57. The van der Waals surface area contributed by atoms with Gasteiger partial charge in [0.15, 0.2) is 5.82 Å². The molecule has 0 unspecified atom stereocenters. The topological polar surface area (TPSA) is 308 Å². The first-order valence-corrected chi connectivity index (χ1v) is 23.7. The Bertz CT molecular complexity index is 3130. The number of rotatable bonds is 23. The highest BCUT2D eigenvalue weighted by Gasteiger charge is 2.24. The minimum atomic E-state index is -1.09. The molecule has 0 spiro atoms. The maximum atomic E-state index is 13.5. The van der Waals surface area contributed by atoms with Gasteiger partial charge in [0.1, 0.15) is 34.5 Å². The van der Waals surface area contributed by atoms with Crippen molar-refractivity contribution in [1.82, 2.24) is 58.6 Å². The van der Waals surface area contributed by atoms with Gasteiger partial charge in [0.05, 0.1) is 28.4 Å². The molecular formula is C49H63N17O9. The number of carbonyl (C=O) groups excluding carboxylic acids is 9. The van der Waals surface area contributed by atoms with Gasteiger partial charge in [-0.05, 0) is 63.8 Å². The molecule has 0 saturated heterocycles. The quantitative estimate of drug-likeness (QED) is 0.0415. The van der Waals surface area contributed by atoms with E-state index >= 15 is 0 Å². The zero-order valence-electron chi connectivity index (χ0n) is 43.2. The number of anilines is 5. The minimum Gasteiger partial charge on any atom is -0.356 e. The summed E-state index contributed by atoms with van der Waals surface area (Å²) in [5.41, 5.74) is 2.62. The lowest BCUT2D eigenvalue weighted by molar-refractivity contribution is -0.125. The summed E-state index contributed by atoms with van der Waals surface area (Å²) in [6, 6.07) is 6.31. The van der Waals surface area contributed by atoms with Crippen LogP contribution in [0.5, 0.6) is 0 Å². The summed E-state index contributed by atoms with van der Waals surface area (Å²) < 4.78 is 9.17. The smallest absolute Gasteiger partial charge is 0.291 e. The fraction of sp³-hybridized carbons (Fsp3) is 0.347. The Morgan fingerprint density at radius 1 is 0.507 bits per heavy atom. The summed E-state index contributed by atoms with van der Waals surface area (Å²) in [6.45, 7) is 2.73. The Hall–Kier alpha value is -9.20. The maximum Gasteiger partial charge on any atom is 0.291 e. The SMILES string of the molecule is CC(=O)N[C@@H](CCNC(=O)c1cc(NC(=O)c2cc(NC(=O)c3nccn3C)cn2C)cn1C)C(=O)Nc1cc(C(=O)Nc2cc(C(=O)Nc3cc(C(=O)NCCC(=O)NCCCN(C)C)n(C)c3)n(C)c2)n(C)c1. The highest BCUT2D eigenvalue weighted by Crippen LogP contribution is 2.21. The lowest BCUT2D eigenvalue weighted by Gasteiger charge is -2.17. The van der Waals surface area contributed by atoms with Gasteiger partial charge < -0.3 is 80.2 Å². The lowest BCUT2D eigenvalue weighted by Crippen LogP contribution is -2.45. The van der Waals surface area contributed by atoms with Gasteiger partial charge in [0, 0.05) is 119 Å². The van der Waals surface area contributed by atoms with Gasteiger partial charge in [-0.2, -0.15) is 0 Å². The second-order valence-corrected chi connectivity index (χ2v) is 18.1. The van der Waals surface area contributed by atoms with Crippen LogP contribution in [0, 0.1) is 0 Å². The molecule has 6 aromatic rings. The van der Waals surface area contributed by atoms with Gasteiger partial charge in [-0.15, -0.1) is 0 Å². The molecule has 0 aliphatic carbocycles. The number of imidazole rings is 1.